The lowest BCUT2D eigenvalue weighted by molar-refractivity contribution is 0.134. The molecule has 2 aromatic heterocycles. The van der Waals surface area contributed by atoms with Gasteiger partial charge in [-0.2, -0.15) is 0 Å². The van der Waals surface area contributed by atoms with Crippen molar-refractivity contribution in [1.29, 1.82) is 0 Å². The summed E-state index contributed by atoms with van der Waals surface area (Å²) >= 11 is 0. The van der Waals surface area contributed by atoms with Gasteiger partial charge in [0.05, 0.1) is 13.1 Å². The second-order valence-corrected chi connectivity index (χ2v) is 9.47. The minimum Gasteiger partial charge on any atom is -0.322 e. The number of hydrogen-bond donors (Lipinski definition) is 1. The lowest BCUT2D eigenvalue weighted by atomic mass is 9.93. The Balaban J connectivity index is 1.42. The van der Waals surface area contributed by atoms with Crippen LogP contribution in [-0.2, 0) is 26.1 Å². The first-order valence-electron chi connectivity index (χ1n) is 12.5. The van der Waals surface area contributed by atoms with E-state index >= 15 is 0 Å². The number of pyridine rings is 1. The van der Waals surface area contributed by atoms with Crippen molar-refractivity contribution in [3.8, 4) is 0 Å². The number of benzene rings is 2. The van der Waals surface area contributed by atoms with Crippen LogP contribution in [0.25, 0.3) is 10.9 Å². The van der Waals surface area contributed by atoms with E-state index in [1.54, 1.807) is 16.8 Å². The molecule has 0 unspecified atom stereocenters. The Hall–Kier alpha value is -3.39. The molecule has 0 saturated heterocycles. The molecule has 5 rings (SSSR count). The third-order valence-corrected chi connectivity index (χ3v) is 7.05. The van der Waals surface area contributed by atoms with Gasteiger partial charge in [-0.15, -0.1) is 5.10 Å². The smallest absolute Gasteiger partial charge is 0.252 e. The molecule has 0 aliphatic heterocycles. The third kappa shape index (κ3) is 5.48. The standard InChI is InChI=1S/C27H31FN6O/c1-2-19-10-13-25-21(14-19)15-22(27(35)29-25)17-33(24-6-4-3-5-7-24)18-26-30-31-32-34(26)16-20-8-11-23(28)12-9-20/h8-15,24H,2-7,16-18H2,1H3,(H,29,35). The number of nitrogens with zero attached hydrogens (tertiary/aromatic N) is 5. The van der Waals surface area contributed by atoms with Crippen LogP contribution in [0.4, 0.5) is 4.39 Å². The van der Waals surface area contributed by atoms with E-state index in [4.69, 9.17) is 0 Å². The lowest BCUT2D eigenvalue weighted by Crippen LogP contribution is -2.38. The summed E-state index contributed by atoms with van der Waals surface area (Å²) < 4.78 is 15.1. The van der Waals surface area contributed by atoms with E-state index in [1.165, 1.54) is 37.0 Å². The summed E-state index contributed by atoms with van der Waals surface area (Å²) in [7, 11) is 0. The minimum atomic E-state index is -0.263. The number of aryl methyl sites for hydroxylation is 1. The van der Waals surface area contributed by atoms with Gasteiger partial charge in [0, 0.05) is 23.7 Å². The summed E-state index contributed by atoms with van der Waals surface area (Å²) in [5.41, 5.74) is 3.76. The van der Waals surface area contributed by atoms with Crippen LogP contribution in [0.1, 0.15) is 61.5 Å². The third-order valence-electron chi connectivity index (χ3n) is 7.05. The first-order valence-corrected chi connectivity index (χ1v) is 12.5. The van der Waals surface area contributed by atoms with Crippen molar-refractivity contribution in [2.75, 3.05) is 0 Å². The highest BCUT2D eigenvalue weighted by Crippen LogP contribution is 2.25. The number of halogens is 1. The number of aromatic amines is 1. The topological polar surface area (TPSA) is 79.7 Å². The summed E-state index contributed by atoms with van der Waals surface area (Å²) in [6, 6.07) is 15.0. The molecule has 0 atom stereocenters. The van der Waals surface area contributed by atoms with Crippen molar-refractivity contribution in [1.82, 2.24) is 30.1 Å². The van der Waals surface area contributed by atoms with Gasteiger partial charge in [0.15, 0.2) is 5.82 Å². The largest absolute Gasteiger partial charge is 0.322 e. The van der Waals surface area contributed by atoms with E-state index in [0.29, 0.717) is 25.7 Å². The highest BCUT2D eigenvalue weighted by atomic mass is 19.1. The summed E-state index contributed by atoms with van der Waals surface area (Å²) in [5.74, 6) is 0.478. The number of nitrogens with one attached hydrogen (secondary N) is 1. The van der Waals surface area contributed by atoms with Gasteiger partial charge in [-0.25, -0.2) is 9.07 Å². The first kappa shape index (κ1) is 23.4. The van der Waals surface area contributed by atoms with Crippen molar-refractivity contribution in [3.63, 3.8) is 0 Å². The molecule has 1 N–H and O–H groups in total. The van der Waals surface area contributed by atoms with Gasteiger partial charge in [0.25, 0.3) is 5.56 Å². The Morgan fingerprint density at radius 3 is 2.57 bits per heavy atom. The molecule has 1 aliphatic rings. The second kappa shape index (κ2) is 10.5. The molecule has 1 saturated carbocycles. The maximum Gasteiger partial charge on any atom is 0.252 e. The van der Waals surface area contributed by atoms with Crippen LogP contribution in [0, 0.1) is 5.82 Å². The molecule has 0 spiro atoms. The van der Waals surface area contributed by atoms with Crippen LogP contribution in [0.2, 0.25) is 0 Å². The zero-order chi connectivity index (χ0) is 24.2. The fourth-order valence-corrected chi connectivity index (χ4v) is 5.02. The molecular formula is C27H31FN6O. The first-order chi connectivity index (χ1) is 17.1. The van der Waals surface area contributed by atoms with E-state index in [2.05, 4.69) is 44.5 Å². The average molecular weight is 475 g/mol. The second-order valence-electron chi connectivity index (χ2n) is 9.47. The van der Waals surface area contributed by atoms with Gasteiger partial charge in [-0.3, -0.25) is 9.69 Å². The van der Waals surface area contributed by atoms with E-state index in [1.807, 2.05) is 12.1 Å². The maximum atomic E-state index is 13.3. The highest BCUT2D eigenvalue weighted by Gasteiger charge is 2.24. The quantitative estimate of drug-likeness (QED) is 0.404. The Kier molecular flexibility index (Phi) is 6.99. The molecule has 8 heteroatoms. The number of fused-ring (bicyclic) bond motifs is 1. The summed E-state index contributed by atoms with van der Waals surface area (Å²) in [6.07, 6.45) is 6.79. The van der Waals surface area contributed by atoms with E-state index in [-0.39, 0.29) is 11.4 Å². The fraction of sp³-hybridized carbons (Fsp3) is 0.407. The fourth-order valence-electron chi connectivity index (χ4n) is 5.02. The predicted octanol–water partition coefficient (Wildman–Crippen LogP) is 4.60. The molecule has 0 amide bonds. The predicted molar refractivity (Wildman–Crippen MR) is 133 cm³/mol. The Bertz CT molecular complexity index is 1340. The van der Waals surface area contributed by atoms with Crippen molar-refractivity contribution in [2.24, 2.45) is 0 Å². The lowest BCUT2D eigenvalue weighted by Gasteiger charge is -2.33. The zero-order valence-electron chi connectivity index (χ0n) is 20.1. The minimum absolute atomic E-state index is 0.0477. The molecule has 4 aromatic rings. The van der Waals surface area contributed by atoms with Crippen LogP contribution < -0.4 is 5.56 Å². The van der Waals surface area contributed by atoms with Crippen molar-refractivity contribution in [3.05, 3.63) is 87.2 Å². The van der Waals surface area contributed by atoms with Crippen LogP contribution in [0.15, 0.2) is 53.3 Å². The summed E-state index contributed by atoms with van der Waals surface area (Å²) in [5, 5.41) is 13.5. The van der Waals surface area contributed by atoms with Crippen molar-refractivity contribution < 1.29 is 4.39 Å². The van der Waals surface area contributed by atoms with Crippen molar-refractivity contribution in [2.45, 2.75) is 71.1 Å². The number of rotatable bonds is 8. The van der Waals surface area contributed by atoms with Crippen LogP contribution in [0.5, 0.6) is 0 Å². The normalized spacial score (nSPS) is 14.7. The van der Waals surface area contributed by atoms with E-state index in [9.17, 15) is 9.18 Å². The Morgan fingerprint density at radius 2 is 1.80 bits per heavy atom. The molecule has 0 bridgehead atoms. The van der Waals surface area contributed by atoms with Crippen LogP contribution >= 0.6 is 0 Å². The number of hydrogen-bond acceptors (Lipinski definition) is 5. The van der Waals surface area contributed by atoms with Gasteiger partial charge in [0.1, 0.15) is 5.82 Å². The van der Waals surface area contributed by atoms with Gasteiger partial charge < -0.3 is 4.98 Å². The summed E-state index contributed by atoms with van der Waals surface area (Å²) in [6.45, 7) is 3.69. The molecule has 1 aliphatic carbocycles. The molecule has 7 nitrogen and oxygen atoms in total. The van der Waals surface area contributed by atoms with Gasteiger partial charge >= 0.3 is 0 Å². The SMILES string of the molecule is CCc1ccc2[nH]c(=O)c(CN(Cc3nnnn3Cc3ccc(F)cc3)C3CCCCC3)cc2c1. The van der Waals surface area contributed by atoms with Crippen molar-refractivity contribution >= 4 is 10.9 Å². The molecular weight excluding hydrogens is 443 g/mol. The number of tetrazole rings is 1. The maximum absolute atomic E-state index is 13.3. The van der Waals surface area contributed by atoms with Gasteiger partial charge in [-0.1, -0.05) is 44.4 Å². The highest BCUT2D eigenvalue weighted by molar-refractivity contribution is 5.79. The van der Waals surface area contributed by atoms with Crippen LogP contribution in [0.3, 0.4) is 0 Å². The number of aromatic nitrogens is 5. The summed E-state index contributed by atoms with van der Waals surface area (Å²) in [4.78, 5) is 18.4. The number of H-pyrrole nitrogens is 1. The van der Waals surface area contributed by atoms with Crippen LogP contribution in [-0.4, -0.2) is 36.1 Å². The van der Waals surface area contributed by atoms with E-state index < -0.39 is 0 Å². The Morgan fingerprint density at radius 1 is 1.03 bits per heavy atom. The average Bonchev–Trinajstić information content (AvgIpc) is 3.32. The van der Waals surface area contributed by atoms with E-state index in [0.717, 1.165) is 47.1 Å². The Labute approximate surface area is 204 Å². The molecule has 2 aromatic carbocycles. The zero-order valence-corrected chi connectivity index (χ0v) is 20.1. The molecule has 182 valence electrons. The van der Waals surface area contributed by atoms with Gasteiger partial charge in [-0.05, 0) is 76.5 Å². The molecule has 0 radical (unpaired) electrons. The molecule has 35 heavy (non-hydrogen) atoms. The monoisotopic (exact) mass is 474 g/mol. The van der Waals surface area contributed by atoms with Gasteiger partial charge in [0.2, 0.25) is 0 Å². The molecule has 2 heterocycles. The molecule has 1 fully saturated rings.